The SMILES string of the molecule is C(=C(c1ccccc1)c1ccccc1)=C1[C@@H]2CCCCCC[C@@H]12. The maximum Gasteiger partial charge on any atom is 0.0309 e. The average Bonchev–Trinajstić information content (AvgIpc) is 3.23. The molecule has 0 aliphatic heterocycles. The second kappa shape index (κ2) is 6.60. The summed E-state index contributed by atoms with van der Waals surface area (Å²) in [6.07, 6.45) is 8.40. The van der Waals surface area contributed by atoms with Crippen molar-refractivity contribution in [1.29, 1.82) is 0 Å². The molecule has 2 atom stereocenters. The third kappa shape index (κ3) is 3.19. The first kappa shape index (κ1) is 14.5. The molecule has 23 heavy (non-hydrogen) atoms. The maximum absolute atomic E-state index is 3.85. The van der Waals surface area contributed by atoms with Crippen LogP contribution in [0, 0.1) is 11.8 Å². The molecule has 0 bridgehead atoms. The Morgan fingerprint density at radius 1 is 0.652 bits per heavy atom. The Labute approximate surface area is 139 Å². The summed E-state index contributed by atoms with van der Waals surface area (Å²) in [5.41, 5.74) is 9.28. The Morgan fingerprint density at radius 3 is 1.61 bits per heavy atom. The van der Waals surface area contributed by atoms with Crippen LogP contribution in [0.5, 0.6) is 0 Å². The molecule has 4 rings (SSSR count). The van der Waals surface area contributed by atoms with Gasteiger partial charge in [0.2, 0.25) is 0 Å². The minimum absolute atomic E-state index is 0.817. The third-order valence-corrected chi connectivity index (χ3v) is 5.35. The van der Waals surface area contributed by atoms with E-state index in [-0.39, 0.29) is 0 Å². The second-order valence-corrected chi connectivity index (χ2v) is 6.89. The highest BCUT2D eigenvalue weighted by atomic mass is 14.5. The van der Waals surface area contributed by atoms with Crippen molar-refractivity contribution in [2.75, 3.05) is 0 Å². The summed E-state index contributed by atoms with van der Waals surface area (Å²) in [6.45, 7) is 0. The molecule has 2 aromatic carbocycles. The fourth-order valence-electron chi connectivity index (χ4n) is 4.02. The van der Waals surface area contributed by atoms with Crippen LogP contribution in [0.3, 0.4) is 0 Å². The van der Waals surface area contributed by atoms with Crippen LogP contribution in [0.15, 0.2) is 72.0 Å². The summed E-state index contributed by atoms with van der Waals surface area (Å²) in [7, 11) is 0. The van der Waals surface area contributed by atoms with Gasteiger partial charge in [0.05, 0.1) is 0 Å². The summed E-state index contributed by atoms with van der Waals surface area (Å²) in [5.74, 6) is 1.63. The summed E-state index contributed by atoms with van der Waals surface area (Å²) in [5, 5.41) is 0. The Kier molecular flexibility index (Phi) is 4.18. The van der Waals surface area contributed by atoms with E-state index < -0.39 is 0 Å². The van der Waals surface area contributed by atoms with Crippen molar-refractivity contribution in [1.82, 2.24) is 0 Å². The Bertz CT molecular complexity index is 660. The van der Waals surface area contributed by atoms with E-state index >= 15 is 0 Å². The van der Waals surface area contributed by atoms with Crippen LogP contribution < -0.4 is 0 Å². The molecule has 0 saturated heterocycles. The Morgan fingerprint density at radius 2 is 1.13 bits per heavy atom. The van der Waals surface area contributed by atoms with E-state index in [1.807, 2.05) is 0 Å². The van der Waals surface area contributed by atoms with Crippen LogP contribution >= 0.6 is 0 Å². The Hall–Kier alpha value is -2.04. The molecule has 2 fully saturated rings. The molecular weight excluding hydrogens is 276 g/mol. The van der Waals surface area contributed by atoms with E-state index in [0.29, 0.717) is 0 Å². The quantitative estimate of drug-likeness (QED) is 0.575. The van der Waals surface area contributed by atoms with E-state index in [1.54, 1.807) is 5.57 Å². The molecule has 0 heterocycles. The molecule has 2 aliphatic carbocycles. The number of benzene rings is 2. The molecule has 0 spiro atoms. The van der Waals surface area contributed by atoms with Gasteiger partial charge in [-0.3, -0.25) is 0 Å². The molecule has 116 valence electrons. The van der Waals surface area contributed by atoms with Gasteiger partial charge in [0, 0.05) is 5.57 Å². The first-order chi connectivity index (χ1) is 11.4. The van der Waals surface area contributed by atoms with Crippen molar-refractivity contribution in [3.8, 4) is 0 Å². The first-order valence-electron chi connectivity index (χ1n) is 9.05. The molecule has 0 radical (unpaired) electrons. The van der Waals surface area contributed by atoms with Gasteiger partial charge < -0.3 is 0 Å². The minimum Gasteiger partial charge on any atom is -0.112 e. The minimum atomic E-state index is 0.817. The molecule has 0 amide bonds. The van der Waals surface area contributed by atoms with Gasteiger partial charge in [0.1, 0.15) is 0 Å². The normalized spacial score (nSPS) is 23.2. The van der Waals surface area contributed by atoms with Crippen molar-refractivity contribution in [3.63, 3.8) is 0 Å². The smallest absolute Gasteiger partial charge is 0.0309 e. The molecule has 0 unspecified atom stereocenters. The zero-order valence-corrected chi connectivity index (χ0v) is 13.7. The lowest BCUT2D eigenvalue weighted by atomic mass is 9.98. The molecule has 2 saturated carbocycles. The predicted octanol–water partition coefficient (Wildman–Crippen LogP) is 6.24. The lowest BCUT2D eigenvalue weighted by Crippen LogP contribution is -1.90. The van der Waals surface area contributed by atoms with Crippen LogP contribution in [0.25, 0.3) is 5.57 Å². The summed E-state index contributed by atoms with van der Waals surface area (Å²) < 4.78 is 0. The largest absolute Gasteiger partial charge is 0.112 e. The Balaban J connectivity index is 1.78. The topological polar surface area (TPSA) is 0 Å². The van der Waals surface area contributed by atoms with Crippen LogP contribution in [-0.2, 0) is 0 Å². The van der Waals surface area contributed by atoms with Crippen LogP contribution in [0.4, 0.5) is 0 Å². The van der Waals surface area contributed by atoms with Crippen molar-refractivity contribution in [2.24, 2.45) is 11.8 Å². The van der Waals surface area contributed by atoms with Crippen LogP contribution in [0.1, 0.15) is 49.7 Å². The van der Waals surface area contributed by atoms with Gasteiger partial charge in [0.25, 0.3) is 0 Å². The molecular formula is C23H24. The zero-order chi connectivity index (χ0) is 15.5. The van der Waals surface area contributed by atoms with Crippen molar-refractivity contribution in [3.05, 3.63) is 83.1 Å². The monoisotopic (exact) mass is 300 g/mol. The van der Waals surface area contributed by atoms with E-state index in [9.17, 15) is 0 Å². The second-order valence-electron chi connectivity index (χ2n) is 6.89. The lowest BCUT2D eigenvalue weighted by molar-refractivity contribution is 0.485. The molecule has 0 N–H and O–H groups in total. The van der Waals surface area contributed by atoms with Gasteiger partial charge in [-0.2, -0.15) is 0 Å². The van der Waals surface area contributed by atoms with E-state index in [4.69, 9.17) is 0 Å². The lowest BCUT2D eigenvalue weighted by Gasteiger charge is -2.05. The zero-order valence-electron chi connectivity index (χ0n) is 13.7. The fourth-order valence-corrected chi connectivity index (χ4v) is 4.02. The van der Waals surface area contributed by atoms with E-state index in [0.717, 1.165) is 11.8 Å². The molecule has 0 aromatic heterocycles. The van der Waals surface area contributed by atoms with Crippen molar-refractivity contribution >= 4 is 5.57 Å². The van der Waals surface area contributed by atoms with Crippen LogP contribution in [0.2, 0.25) is 0 Å². The fraction of sp³-hybridized carbons (Fsp3) is 0.348. The molecule has 2 aliphatic rings. The number of hydrogen-bond donors (Lipinski definition) is 0. The number of rotatable bonds is 2. The highest BCUT2D eigenvalue weighted by molar-refractivity contribution is 5.80. The van der Waals surface area contributed by atoms with Gasteiger partial charge in [-0.25, -0.2) is 0 Å². The maximum atomic E-state index is 3.85. The third-order valence-electron chi connectivity index (χ3n) is 5.35. The molecule has 0 heteroatoms. The van der Waals surface area contributed by atoms with E-state index in [1.165, 1.54) is 55.2 Å². The standard InChI is InChI=1S/C23H24/c1-2-10-16-21-20(15-9-1)23(21)17-22(18-11-5-3-6-12-18)19-13-7-4-8-14-19/h3-8,11-14,20-21H,1-2,9-10,15-16H2/t20-,21-/m1/s1. The highest BCUT2D eigenvalue weighted by Crippen LogP contribution is 2.53. The van der Waals surface area contributed by atoms with Gasteiger partial charge in [0.15, 0.2) is 0 Å². The number of fused-ring (bicyclic) bond motifs is 1. The van der Waals surface area contributed by atoms with E-state index in [2.05, 4.69) is 66.4 Å². The van der Waals surface area contributed by atoms with Crippen LogP contribution in [-0.4, -0.2) is 0 Å². The van der Waals surface area contributed by atoms with Gasteiger partial charge in [-0.05, 0) is 41.4 Å². The first-order valence-corrected chi connectivity index (χ1v) is 9.05. The molecule has 0 nitrogen and oxygen atoms in total. The van der Waals surface area contributed by atoms with Gasteiger partial charge in [-0.1, -0.05) is 86.3 Å². The van der Waals surface area contributed by atoms with Crippen molar-refractivity contribution < 1.29 is 0 Å². The summed E-state index contributed by atoms with van der Waals surface area (Å²) in [4.78, 5) is 0. The van der Waals surface area contributed by atoms with Crippen molar-refractivity contribution in [2.45, 2.75) is 38.5 Å². The number of hydrogen-bond acceptors (Lipinski definition) is 0. The summed E-state index contributed by atoms with van der Waals surface area (Å²) in [6, 6.07) is 21.5. The van der Waals surface area contributed by atoms with Gasteiger partial charge >= 0.3 is 0 Å². The summed E-state index contributed by atoms with van der Waals surface area (Å²) >= 11 is 0. The van der Waals surface area contributed by atoms with Gasteiger partial charge in [-0.15, -0.1) is 5.73 Å². The average molecular weight is 300 g/mol. The predicted molar refractivity (Wildman–Crippen MR) is 97.1 cm³/mol. The highest BCUT2D eigenvalue weighted by Gasteiger charge is 2.43. The number of allylic oxidation sites excluding steroid dienone is 1. The molecule has 2 aromatic rings.